The van der Waals surface area contributed by atoms with Crippen LogP contribution in [0.4, 0.5) is 0 Å². The summed E-state index contributed by atoms with van der Waals surface area (Å²) >= 11 is 4.67. The molecule has 2 rings (SSSR count). The van der Waals surface area contributed by atoms with Crippen LogP contribution in [-0.4, -0.2) is 16.1 Å². The van der Waals surface area contributed by atoms with Crippen LogP contribution < -0.4 is 0 Å². The zero-order valence-corrected chi connectivity index (χ0v) is 12.5. The van der Waals surface area contributed by atoms with Gasteiger partial charge in [-0.1, -0.05) is 18.7 Å². The Hall–Kier alpha value is -0.850. The van der Waals surface area contributed by atoms with Gasteiger partial charge in [-0.05, 0) is 25.5 Å². The van der Waals surface area contributed by atoms with Crippen molar-refractivity contribution in [2.45, 2.75) is 30.4 Å². The van der Waals surface area contributed by atoms with Crippen LogP contribution in [0.1, 0.15) is 32.0 Å². The van der Waals surface area contributed by atoms with Gasteiger partial charge in [0.1, 0.15) is 4.88 Å². The van der Waals surface area contributed by atoms with Crippen LogP contribution in [-0.2, 0) is 12.2 Å². The molecule has 1 N–H and O–H groups in total. The van der Waals surface area contributed by atoms with E-state index in [9.17, 15) is 4.79 Å². The maximum atomic E-state index is 10.9. The largest absolute Gasteiger partial charge is 0.477 e. The number of aromatic nitrogens is 1. The zero-order chi connectivity index (χ0) is 13.1. The van der Waals surface area contributed by atoms with Crippen LogP contribution in [0.15, 0.2) is 16.5 Å². The Morgan fingerprint density at radius 2 is 2.11 bits per heavy atom. The normalized spacial score (nSPS) is 10.8. The van der Waals surface area contributed by atoms with Gasteiger partial charge >= 0.3 is 5.97 Å². The van der Waals surface area contributed by atoms with E-state index >= 15 is 0 Å². The first-order valence-corrected chi connectivity index (χ1v) is 8.13. The maximum Gasteiger partial charge on any atom is 0.347 e. The lowest BCUT2D eigenvalue weighted by Crippen LogP contribution is -1.94. The van der Waals surface area contributed by atoms with E-state index in [1.807, 2.05) is 11.3 Å². The molecule has 0 fully saturated rings. The van der Waals surface area contributed by atoms with E-state index in [1.165, 1.54) is 21.1 Å². The summed E-state index contributed by atoms with van der Waals surface area (Å²) in [6.45, 7) is 3.89. The SMILES string of the molecule is CCc1ccc(CSc2nc(C)c(C(=O)O)s2)s1. The van der Waals surface area contributed by atoms with Crippen molar-refractivity contribution >= 4 is 40.4 Å². The van der Waals surface area contributed by atoms with Crippen molar-refractivity contribution in [1.29, 1.82) is 0 Å². The second-order valence-electron chi connectivity index (χ2n) is 3.71. The van der Waals surface area contributed by atoms with E-state index in [2.05, 4.69) is 24.0 Å². The predicted molar refractivity (Wildman–Crippen MR) is 77.1 cm³/mol. The Morgan fingerprint density at radius 3 is 2.67 bits per heavy atom. The third-order valence-corrected chi connectivity index (χ3v) is 6.12. The first-order chi connectivity index (χ1) is 8.60. The number of hydrogen-bond acceptors (Lipinski definition) is 5. The van der Waals surface area contributed by atoms with E-state index in [0.717, 1.165) is 16.5 Å². The number of aromatic carboxylic acids is 1. The fourth-order valence-electron chi connectivity index (χ4n) is 1.45. The monoisotopic (exact) mass is 299 g/mol. The average Bonchev–Trinajstić information content (AvgIpc) is 2.92. The summed E-state index contributed by atoms with van der Waals surface area (Å²) in [5, 5.41) is 8.96. The van der Waals surface area contributed by atoms with Gasteiger partial charge in [0.25, 0.3) is 0 Å². The molecule has 0 unspecified atom stereocenters. The number of thiophene rings is 1. The third kappa shape index (κ3) is 3.13. The van der Waals surface area contributed by atoms with Crippen molar-refractivity contribution in [3.63, 3.8) is 0 Å². The van der Waals surface area contributed by atoms with Gasteiger partial charge in [0.15, 0.2) is 4.34 Å². The second-order valence-corrected chi connectivity index (χ2v) is 7.18. The Bertz CT molecular complexity index is 559. The summed E-state index contributed by atoms with van der Waals surface area (Å²) in [6.07, 6.45) is 1.06. The predicted octanol–water partition coefficient (Wildman–Crippen LogP) is 4.07. The molecule has 0 bridgehead atoms. The van der Waals surface area contributed by atoms with Crippen molar-refractivity contribution in [3.8, 4) is 0 Å². The van der Waals surface area contributed by atoms with Gasteiger partial charge in [-0.25, -0.2) is 9.78 Å². The summed E-state index contributed by atoms with van der Waals surface area (Å²) in [5.74, 6) is -0.0299. The first-order valence-electron chi connectivity index (χ1n) is 5.51. The fraction of sp³-hybridized carbons (Fsp3) is 0.333. The Labute approximate surface area is 118 Å². The minimum absolute atomic E-state index is 0.345. The summed E-state index contributed by atoms with van der Waals surface area (Å²) in [6, 6.07) is 4.28. The molecular weight excluding hydrogens is 286 g/mol. The smallest absolute Gasteiger partial charge is 0.347 e. The average molecular weight is 299 g/mol. The molecule has 2 aromatic heterocycles. The topological polar surface area (TPSA) is 50.2 Å². The molecule has 6 heteroatoms. The second kappa shape index (κ2) is 5.86. The molecule has 0 radical (unpaired) electrons. The minimum Gasteiger partial charge on any atom is -0.477 e. The highest BCUT2D eigenvalue weighted by Crippen LogP contribution is 2.31. The van der Waals surface area contributed by atoms with Gasteiger partial charge < -0.3 is 5.11 Å². The lowest BCUT2D eigenvalue weighted by atomic mass is 10.4. The maximum absolute atomic E-state index is 10.9. The quantitative estimate of drug-likeness (QED) is 0.846. The number of hydrogen-bond donors (Lipinski definition) is 1. The van der Waals surface area contributed by atoms with Gasteiger partial charge in [0, 0.05) is 15.5 Å². The number of nitrogens with zero attached hydrogens (tertiary/aromatic N) is 1. The van der Waals surface area contributed by atoms with Gasteiger partial charge in [0.05, 0.1) is 5.69 Å². The highest BCUT2D eigenvalue weighted by Gasteiger charge is 2.14. The zero-order valence-electron chi connectivity index (χ0n) is 10.1. The van der Waals surface area contributed by atoms with Gasteiger partial charge in [0.2, 0.25) is 0 Å². The third-order valence-electron chi connectivity index (χ3n) is 2.37. The van der Waals surface area contributed by atoms with Crippen molar-refractivity contribution in [3.05, 3.63) is 32.5 Å². The molecule has 3 nitrogen and oxygen atoms in total. The molecule has 0 amide bonds. The van der Waals surface area contributed by atoms with Crippen molar-refractivity contribution in [2.24, 2.45) is 0 Å². The van der Waals surface area contributed by atoms with Crippen LogP contribution in [0.5, 0.6) is 0 Å². The number of thioether (sulfide) groups is 1. The Balaban J connectivity index is 2.01. The van der Waals surface area contributed by atoms with Crippen LogP contribution >= 0.6 is 34.4 Å². The van der Waals surface area contributed by atoms with Crippen molar-refractivity contribution < 1.29 is 9.90 Å². The molecule has 0 spiro atoms. The molecule has 0 aromatic carbocycles. The lowest BCUT2D eigenvalue weighted by molar-refractivity contribution is 0.0701. The van der Waals surface area contributed by atoms with E-state index in [-0.39, 0.29) is 0 Å². The van der Waals surface area contributed by atoms with Crippen molar-refractivity contribution in [1.82, 2.24) is 4.98 Å². The summed E-state index contributed by atoms with van der Waals surface area (Å²) < 4.78 is 0.830. The van der Waals surface area contributed by atoms with E-state index < -0.39 is 5.97 Å². The number of carboxylic acids is 1. The van der Waals surface area contributed by atoms with Gasteiger partial charge in [-0.2, -0.15) is 0 Å². The minimum atomic E-state index is -0.888. The number of carboxylic acid groups (broad SMARTS) is 1. The van der Waals surface area contributed by atoms with Crippen LogP contribution in [0, 0.1) is 6.92 Å². The number of aryl methyl sites for hydroxylation is 2. The summed E-state index contributed by atoms with van der Waals surface area (Å²) in [5.41, 5.74) is 0.607. The molecule has 0 aliphatic carbocycles. The molecule has 2 heterocycles. The van der Waals surface area contributed by atoms with Crippen LogP contribution in [0.2, 0.25) is 0 Å². The van der Waals surface area contributed by atoms with Gasteiger partial charge in [-0.3, -0.25) is 0 Å². The Morgan fingerprint density at radius 1 is 1.39 bits per heavy atom. The van der Waals surface area contributed by atoms with E-state index in [4.69, 9.17) is 5.11 Å². The molecule has 18 heavy (non-hydrogen) atoms. The molecule has 0 saturated carbocycles. The molecule has 0 aliphatic rings. The molecule has 0 atom stereocenters. The molecule has 0 saturated heterocycles. The first kappa shape index (κ1) is 13.6. The highest BCUT2D eigenvalue weighted by molar-refractivity contribution is 8.00. The van der Waals surface area contributed by atoms with E-state index in [0.29, 0.717) is 10.6 Å². The highest BCUT2D eigenvalue weighted by atomic mass is 32.2. The standard InChI is InChI=1S/C12H13NO2S3/c1-3-8-4-5-9(17-8)6-16-12-13-7(2)10(18-12)11(14)15/h4-5H,3,6H2,1-2H3,(H,14,15). The van der Waals surface area contributed by atoms with Crippen LogP contribution in [0.25, 0.3) is 0 Å². The Kier molecular flexibility index (Phi) is 4.42. The van der Waals surface area contributed by atoms with Crippen molar-refractivity contribution in [2.75, 3.05) is 0 Å². The summed E-state index contributed by atoms with van der Waals surface area (Å²) in [4.78, 5) is 18.2. The number of carbonyl (C=O) groups is 1. The molecule has 96 valence electrons. The molecule has 2 aromatic rings. The molecule has 0 aliphatic heterocycles. The van der Waals surface area contributed by atoms with E-state index in [1.54, 1.807) is 18.7 Å². The van der Waals surface area contributed by atoms with Gasteiger partial charge in [-0.15, -0.1) is 22.7 Å². The lowest BCUT2D eigenvalue weighted by Gasteiger charge is -1.93. The van der Waals surface area contributed by atoms with Crippen LogP contribution in [0.3, 0.4) is 0 Å². The fourth-order valence-corrected chi connectivity index (χ4v) is 4.48. The summed E-state index contributed by atoms with van der Waals surface area (Å²) in [7, 11) is 0. The number of thiazole rings is 1. The molecular formula is C12H13NO2S3. The number of rotatable bonds is 5.